The number of likely N-dealkylation sites (tertiary alicyclic amines) is 1. The van der Waals surface area contributed by atoms with E-state index in [9.17, 15) is 18.0 Å². The summed E-state index contributed by atoms with van der Waals surface area (Å²) in [7, 11) is -2.75. The molecule has 36 heavy (non-hydrogen) atoms. The summed E-state index contributed by atoms with van der Waals surface area (Å²) in [5.41, 5.74) is 1.26. The zero-order valence-corrected chi connectivity index (χ0v) is 22.9. The molecule has 2 aromatic rings. The number of sulfonamides is 1. The number of piperidine rings is 1. The largest absolute Gasteiger partial charge is 0.468 e. The highest BCUT2D eigenvalue weighted by Crippen LogP contribution is 2.27. The van der Waals surface area contributed by atoms with E-state index in [2.05, 4.69) is 4.72 Å². The fraction of sp³-hybridized carbons (Fsp3) is 0.462. The van der Waals surface area contributed by atoms with Crippen LogP contribution in [0, 0.1) is 5.92 Å². The van der Waals surface area contributed by atoms with E-state index in [1.54, 1.807) is 49.6 Å². The number of nitrogens with zero attached hydrogens (tertiary/aromatic N) is 1. The van der Waals surface area contributed by atoms with Gasteiger partial charge in [-0.2, -0.15) is 4.72 Å². The van der Waals surface area contributed by atoms with Crippen LogP contribution in [0.5, 0.6) is 0 Å². The number of nitrogens with one attached hydrogen (secondary N) is 1. The second-order valence-electron chi connectivity index (χ2n) is 9.68. The highest BCUT2D eigenvalue weighted by molar-refractivity contribution is 7.98. The molecule has 1 atom stereocenters. The molecule has 3 rings (SSSR count). The summed E-state index contributed by atoms with van der Waals surface area (Å²) >= 11 is 1.65. The number of hydrogen-bond acceptors (Lipinski definition) is 7. The number of esters is 1. The van der Waals surface area contributed by atoms with E-state index in [4.69, 9.17) is 9.47 Å². The molecule has 1 aliphatic rings. The van der Waals surface area contributed by atoms with E-state index >= 15 is 0 Å². The normalized spacial score (nSPS) is 15.9. The summed E-state index contributed by atoms with van der Waals surface area (Å²) in [4.78, 5) is 27.7. The Morgan fingerprint density at radius 1 is 1.00 bits per heavy atom. The van der Waals surface area contributed by atoms with Crippen molar-refractivity contribution in [3.05, 3.63) is 48.5 Å². The summed E-state index contributed by atoms with van der Waals surface area (Å²) in [6.07, 6.45) is 2.46. The van der Waals surface area contributed by atoms with Crippen LogP contribution >= 0.6 is 11.8 Å². The Bertz CT molecular complexity index is 1150. The zero-order chi connectivity index (χ0) is 26.5. The maximum atomic E-state index is 13.2. The first kappa shape index (κ1) is 28.0. The molecule has 0 saturated carbocycles. The molecule has 0 aliphatic carbocycles. The Morgan fingerprint density at radius 2 is 1.53 bits per heavy atom. The summed E-state index contributed by atoms with van der Waals surface area (Å²) in [6.45, 7) is 6.12. The van der Waals surface area contributed by atoms with Crippen molar-refractivity contribution in [3.63, 3.8) is 0 Å². The molecule has 10 heteroatoms. The lowest BCUT2D eigenvalue weighted by Crippen LogP contribution is -2.51. The molecule has 1 saturated heterocycles. The van der Waals surface area contributed by atoms with Gasteiger partial charge in [0.15, 0.2) is 0 Å². The lowest BCUT2D eigenvalue weighted by Gasteiger charge is -2.35. The number of carbonyl (C=O) groups excluding carboxylic acids is 2. The SMILES string of the molecule is COC(=O)C(NS(=O)(=O)c1ccc(-c2ccc(SC)cc2)cc1)C1CCN(C(=O)OC(C)(C)C)CC1. The lowest BCUT2D eigenvalue weighted by atomic mass is 9.90. The quantitative estimate of drug-likeness (QED) is 0.411. The Kier molecular flexibility index (Phi) is 9.08. The van der Waals surface area contributed by atoms with Crippen molar-refractivity contribution < 1.29 is 27.5 Å². The molecular formula is C26H34N2O6S2. The molecule has 1 N–H and O–H groups in total. The monoisotopic (exact) mass is 534 g/mol. The summed E-state index contributed by atoms with van der Waals surface area (Å²) in [6, 6.07) is 13.5. The van der Waals surface area contributed by atoms with Gasteiger partial charge in [0.25, 0.3) is 0 Å². The Hall–Kier alpha value is -2.56. The van der Waals surface area contributed by atoms with E-state index in [0.717, 1.165) is 16.0 Å². The highest BCUT2D eigenvalue weighted by atomic mass is 32.2. The number of carbonyl (C=O) groups is 2. The standard InChI is InChI=1S/C26H34N2O6S2/c1-26(2,3)34-25(30)28-16-14-20(15-17-28)23(24(29)33-4)27-36(31,32)22-12-8-19(9-13-22)18-6-10-21(35-5)11-7-18/h6-13,20,23,27H,14-17H2,1-5H3. The van der Waals surface area contributed by atoms with Crippen LogP contribution in [0.25, 0.3) is 11.1 Å². The first-order chi connectivity index (χ1) is 16.9. The lowest BCUT2D eigenvalue weighted by molar-refractivity contribution is -0.144. The van der Waals surface area contributed by atoms with Crippen molar-refractivity contribution in [1.29, 1.82) is 0 Å². The molecule has 8 nitrogen and oxygen atoms in total. The van der Waals surface area contributed by atoms with Crippen molar-refractivity contribution in [2.75, 3.05) is 26.5 Å². The van der Waals surface area contributed by atoms with Gasteiger partial charge < -0.3 is 14.4 Å². The van der Waals surface area contributed by atoms with Gasteiger partial charge in [-0.3, -0.25) is 4.79 Å². The van der Waals surface area contributed by atoms with Crippen LogP contribution in [0.15, 0.2) is 58.3 Å². The van der Waals surface area contributed by atoms with Crippen molar-refractivity contribution >= 4 is 33.8 Å². The first-order valence-electron chi connectivity index (χ1n) is 11.8. The minimum Gasteiger partial charge on any atom is -0.468 e. The molecular weight excluding hydrogens is 500 g/mol. The second-order valence-corrected chi connectivity index (χ2v) is 12.3. The summed E-state index contributed by atoms with van der Waals surface area (Å²) < 4.78 is 39.2. The number of hydrogen-bond donors (Lipinski definition) is 1. The number of thioether (sulfide) groups is 1. The molecule has 0 radical (unpaired) electrons. The summed E-state index contributed by atoms with van der Waals surface area (Å²) in [5.74, 6) is -0.972. The van der Waals surface area contributed by atoms with E-state index < -0.39 is 33.7 Å². The van der Waals surface area contributed by atoms with Crippen molar-refractivity contribution in [1.82, 2.24) is 9.62 Å². The smallest absolute Gasteiger partial charge is 0.410 e. The molecule has 1 heterocycles. The van der Waals surface area contributed by atoms with E-state index in [-0.39, 0.29) is 10.8 Å². The van der Waals surface area contributed by atoms with E-state index in [0.29, 0.717) is 25.9 Å². The van der Waals surface area contributed by atoms with Gasteiger partial charge >= 0.3 is 12.1 Å². The average Bonchev–Trinajstić information content (AvgIpc) is 2.86. The minimum absolute atomic E-state index is 0.0621. The third-order valence-electron chi connectivity index (χ3n) is 5.99. The topological polar surface area (TPSA) is 102 Å². The van der Waals surface area contributed by atoms with Crippen LogP contribution in [0.1, 0.15) is 33.6 Å². The molecule has 0 aromatic heterocycles. The predicted octanol–water partition coefficient (Wildman–Crippen LogP) is 4.54. The molecule has 1 fully saturated rings. The number of ether oxygens (including phenoxy) is 2. The molecule has 0 bridgehead atoms. The average molecular weight is 535 g/mol. The van der Waals surface area contributed by atoms with Gasteiger partial charge in [-0.25, -0.2) is 13.2 Å². The maximum Gasteiger partial charge on any atom is 0.410 e. The van der Waals surface area contributed by atoms with Gasteiger partial charge in [-0.15, -0.1) is 11.8 Å². The van der Waals surface area contributed by atoms with Gasteiger partial charge in [0.05, 0.1) is 12.0 Å². The fourth-order valence-electron chi connectivity index (χ4n) is 4.05. The van der Waals surface area contributed by atoms with Crippen LogP contribution in [0.2, 0.25) is 0 Å². The zero-order valence-electron chi connectivity index (χ0n) is 21.3. The highest BCUT2D eigenvalue weighted by Gasteiger charge is 2.37. The van der Waals surface area contributed by atoms with Gasteiger partial charge in [-0.1, -0.05) is 24.3 Å². The van der Waals surface area contributed by atoms with Crippen LogP contribution in [0.4, 0.5) is 4.79 Å². The van der Waals surface area contributed by atoms with Crippen LogP contribution in [0.3, 0.4) is 0 Å². The van der Waals surface area contributed by atoms with Crippen molar-refractivity contribution in [3.8, 4) is 11.1 Å². The molecule has 196 valence electrons. The Balaban J connectivity index is 1.70. The Labute approximate surface area is 217 Å². The van der Waals surface area contributed by atoms with Crippen LogP contribution in [-0.2, 0) is 24.3 Å². The van der Waals surface area contributed by atoms with Gasteiger partial charge in [-0.05, 0) is 81.2 Å². The second kappa shape index (κ2) is 11.7. The predicted molar refractivity (Wildman–Crippen MR) is 140 cm³/mol. The maximum absolute atomic E-state index is 13.2. The van der Waals surface area contributed by atoms with Crippen LogP contribution in [-0.4, -0.2) is 63.5 Å². The van der Waals surface area contributed by atoms with Gasteiger partial charge in [0.2, 0.25) is 10.0 Å². The van der Waals surface area contributed by atoms with Gasteiger partial charge in [0.1, 0.15) is 11.6 Å². The van der Waals surface area contributed by atoms with Crippen molar-refractivity contribution in [2.45, 2.75) is 55.0 Å². The number of methoxy groups -OCH3 is 1. The van der Waals surface area contributed by atoms with Crippen molar-refractivity contribution in [2.24, 2.45) is 5.92 Å². The molecule has 2 aromatic carbocycles. The summed E-state index contributed by atoms with van der Waals surface area (Å²) in [5, 5.41) is 0. The molecule has 1 aliphatic heterocycles. The molecule has 1 unspecified atom stereocenters. The molecule has 1 amide bonds. The first-order valence-corrected chi connectivity index (χ1v) is 14.5. The fourth-order valence-corrected chi connectivity index (χ4v) is 5.71. The van der Waals surface area contributed by atoms with E-state index in [1.807, 2.05) is 30.5 Å². The molecule has 0 spiro atoms. The number of amides is 1. The third kappa shape index (κ3) is 7.24. The Morgan fingerprint density at radius 3 is 2.00 bits per heavy atom. The number of benzene rings is 2. The third-order valence-corrected chi connectivity index (χ3v) is 8.19. The van der Waals surface area contributed by atoms with Gasteiger partial charge in [0, 0.05) is 18.0 Å². The van der Waals surface area contributed by atoms with Crippen LogP contribution < -0.4 is 4.72 Å². The minimum atomic E-state index is -3.99. The number of rotatable bonds is 7. The van der Waals surface area contributed by atoms with E-state index in [1.165, 1.54) is 19.2 Å².